The Labute approximate surface area is 85.4 Å². The van der Waals surface area contributed by atoms with E-state index >= 15 is 0 Å². The highest BCUT2D eigenvalue weighted by molar-refractivity contribution is 5.87. The van der Waals surface area contributed by atoms with E-state index in [2.05, 4.69) is 13.5 Å². The Bertz CT molecular complexity index is 240. The molecule has 0 saturated heterocycles. The number of nitriles is 1. The van der Waals surface area contributed by atoms with Crippen LogP contribution in [0.5, 0.6) is 0 Å². The van der Waals surface area contributed by atoms with Crippen LogP contribution in [-0.2, 0) is 9.53 Å². The van der Waals surface area contributed by atoms with Crippen molar-refractivity contribution in [3.63, 3.8) is 0 Å². The maximum atomic E-state index is 11.1. The maximum absolute atomic E-state index is 11.1. The van der Waals surface area contributed by atoms with E-state index in [0.717, 1.165) is 19.3 Å². The third-order valence-electron chi connectivity index (χ3n) is 1.81. The van der Waals surface area contributed by atoms with Gasteiger partial charge < -0.3 is 4.74 Å². The molecule has 3 nitrogen and oxygen atoms in total. The summed E-state index contributed by atoms with van der Waals surface area (Å²) in [5.41, 5.74) is 0.334. The molecule has 1 atom stereocenters. The first-order valence-electron chi connectivity index (χ1n) is 4.88. The summed E-state index contributed by atoms with van der Waals surface area (Å²) in [6.07, 6.45) is 3.06. The van der Waals surface area contributed by atoms with Gasteiger partial charge in [-0.15, -0.1) is 0 Å². The predicted octanol–water partition coefficient (Wildman–Crippen LogP) is 2.58. The van der Waals surface area contributed by atoms with Gasteiger partial charge in [0.15, 0.2) is 6.10 Å². The summed E-state index contributed by atoms with van der Waals surface area (Å²) in [7, 11) is 0. The third-order valence-corrected chi connectivity index (χ3v) is 1.81. The largest absolute Gasteiger partial charge is 0.444 e. The summed E-state index contributed by atoms with van der Waals surface area (Å²) in [6.45, 7) is 7.11. The van der Waals surface area contributed by atoms with Crippen molar-refractivity contribution < 1.29 is 9.53 Å². The standard InChI is InChI=1S/C11H17NO2/c1-4-5-6-7-10(8-12)14-11(13)9(2)3/h10H,2,4-7H2,1,3H3. The zero-order valence-electron chi connectivity index (χ0n) is 8.88. The summed E-state index contributed by atoms with van der Waals surface area (Å²) in [5.74, 6) is -0.479. The van der Waals surface area contributed by atoms with Crippen molar-refractivity contribution in [3.05, 3.63) is 12.2 Å². The first-order chi connectivity index (χ1) is 6.61. The molecule has 0 aliphatic heterocycles. The van der Waals surface area contributed by atoms with Crippen molar-refractivity contribution in [1.82, 2.24) is 0 Å². The maximum Gasteiger partial charge on any atom is 0.334 e. The van der Waals surface area contributed by atoms with Gasteiger partial charge in [0.05, 0.1) is 0 Å². The predicted molar refractivity (Wildman–Crippen MR) is 54.4 cm³/mol. The number of esters is 1. The number of hydrogen-bond acceptors (Lipinski definition) is 3. The molecule has 0 aromatic rings. The monoisotopic (exact) mass is 195 g/mol. The first-order valence-corrected chi connectivity index (χ1v) is 4.88. The summed E-state index contributed by atoms with van der Waals surface area (Å²) in [4.78, 5) is 11.1. The molecule has 0 radical (unpaired) electrons. The second-order valence-electron chi connectivity index (χ2n) is 3.30. The Hall–Kier alpha value is -1.30. The van der Waals surface area contributed by atoms with Crippen LogP contribution in [0.1, 0.15) is 39.5 Å². The number of nitrogens with zero attached hydrogens (tertiary/aromatic N) is 1. The molecule has 3 heteroatoms. The quantitative estimate of drug-likeness (QED) is 0.372. The lowest BCUT2D eigenvalue weighted by Crippen LogP contribution is -2.16. The van der Waals surface area contributed by atoms with Gasteiger partial charge in [-0.1, -0.05) is 26.3 Å². The molecule has 0 aliphatic rings. The lowest BCUT2D eigenvalue weighted by molar-refractivity contribution is -0.142. The highest BCUT2D eigenvalue weighted by atomic mass is 16.5. The molecule has 0 saturated carbocycles. The molecule has 78 valence electrons. The highest BCUT2D eigenvalue weighted by Gasteiger charge is 2.13. The average molecular weight is 195 g/mol. The van der Waals surface area contributed by atoms with Gasteiger partial charge in [-0.25, -0.2) is 4.79 Å². The zero-order chi connectivity index (χ0) is 11.0. The molecule has 0 fully saturated rings. The van der Waals surface area contributed by atoms with Crippen LogP contribution in [0.2, 0.25) is 0 Å². The zero-order valence-corrected chi connectivity index (χ0v) is 8.88. The smallest absolute Gasteiger partial charge is 0.334 e. The summed E-state index contributed by atoms with van der Waals surface area (Å²) in [5, 5.41) is 8.70. The van der Waals surface area contributed by atoms with Gasteiger partial charge in [0, 0.05) is 5.57 Å². The number of rotatable bonds is 6. The Morgan fingerprint density at radius 1 is 1.57 bits per heavy atom. The van der Waals surface area contributed by atoms with E-state index in [-0.39, 0.29) is 0 Å². The molecule has 0 aromatic carbocycles. The van der Waals surface area contributed by atoms with Crippen LogP contribution in [0.3, 0.4) is 0 Å². The number of ether oxygens (including phenoxy) is 1. The SMILES string of the molecule is C=C(C)C(=O)OC(C#N)CCCCC. The van der Waals surface area contributed by atoms with Gasteiger partial charge in [0.1, 0.15) is 6.07 Å². The molecule has 0 aromatic heterocycles. The van der Waals surface area contributed by atoms with Crippen molar-refractivity contribution in [2.24, 2.45) is 0 Å². The van der Waals surface area contributed by atoms with Gasteiger partial charge in [0.2, 0.25) is 0 Å². The Balaban J connectivity index is 3.86. The number of unbranched alkanes of at least 4 members (excludes halogenated alkanes) is 2. The fourth-order valence-electron chi connectivity index (χ4n) is 0.959. The van der Waals surface area contributed by atoms with E-state index in [1.54, 1.807) is 6.92 Å². The Morgan fingerprint density at radius 2 is 2.21 bits per heavy atom. The molecular formula is C11H17NO2. The van der Waals surface area contributed by atoms with Crippen LogP contribution in [0.4, 0.5) is 0 Å². The number of hydrogen-bond donors (Lipinski definition) is 0. The number of carbonyl (C=O) groups excluding carboxylic acids is 1. The molecular weight excluding hydrogens is 178 g/mol. The minimum absolute atomic E-state index is 0.334. The van der Waals surface area contributed by atoms with Crippen LogP contribution in [0.25, 0.3) is 0 Å². The molecule has 0 bridgehead atoms. The third kappa shape index (κ3) is 5.36. The molecule has 0 rings (SSSR count). The van der Waals surface area contributed by atoms with Crippen LogP contribution >= 0.6 is 0 Å². The van der Waals surface area contributed by atoms with Crippen LogP contribution in [0.15, 0.2) is 12.2 Å². The second-order valence-corrected chi connectivity index (χ2v) is 3.30. The van der Waals surface area contributed by atoms with Crippen LogP contribution in [0, 0.1) is 11.3 Å². The van der Waals surface area contributed by atoms with Gasteiger partial charge >= 0.3 is 5.97 Å². The van der Waals surface area contributed by atoms with Crippen molar-refractivity contribution in [2.45, 2.75) is 45.6 Å². The molecule has 0 N–H and O–H groups in total. The topological polar surface area (TPSA) is 50.1 Å². The molecule has 0 aliphatic carbocycles. The van der Waals surface area contributed by atoms with Crippen molar-refractivity contribution in [3.8, 4) is 6.07 Å². The van der Waals surface area contributed by atoms with E-state index in [0.29, 0.717) is 12.0 Å². The fraction of sp³-hybridized carbons (Fsp3) is 0.636. The minimum Gasteiger partial charge on any atom is -0.444 e. The van der Waals surface area contributed by atoms with E-state index in [9.17, 15) is 4.79 Å². The molecule has 0 heterocycles. The molecule has 0 amide bonds. The molecule has 14 heavy (non-hydrogen) atoms. The second kappa shape index (κ2) is 7.14. The first kappa shape index (κ1) is 12.7. The van der Waals surface area contributed by atoms with Crippen LogP contribution in [-0.4, -0.2) is 12.1 Å². The van der Waals surface area contributed by atoms with Crippen molar-refractivity contribution >= 4 is 5.97 Å². The lowest BCUT2D eigenvalue weighted by Gasteiger charge is -2.09. The van der Waals surface area contributed by atoms with E-state index in [1.807, 2.05) is 6.07 Å². The lowest BCUT2D eigenvalue weighted by atomic mass is 10.1. The number of carbonyl (C=O) groups is 1. The fourth-order valence-corrected chi connectivity index (χ4v) is 0.959. The summed E-state index contributed by atoms with van der Waals surface area (Å²) < 4.78 is 4.91. The van der Waals surface area contributed by atoms with Gasteiger partial charge in [-0.05, 0) is 19.8 Å². The van der Waals surface area contributed by atoms with Crippen molar-refractivity contribution in [2.75, 3.05) is 0 Å². The Kier molecular flexibility index (Phi) is 6.47. The minimum atomic E-state index is -0.620. The van der Waals surface area contributed by atoms with E-state index in [1.165, 1.54) is 0 Å². The molecule has 1 unspecified atom stereocenters. The van der Waals surface area contributed by atoms with Crippen LogP contribution < -0.4 is 0 Å². The summed E-state index contributed by atoms with van der Waals surface area (Å²) in [6, 6.07) is 1.96. The Morgan fingerprint density at radius 3 is 2.64 bits per heavy atom. The van der Waals surface area contributed by atoms with Crippen molar-refractivity contribution in [1.29, 1.82) is 5.26 Å². The normalized spacial score (nSPS) is 11.5. The van der Waals surface area contributed by atoms with Gasteiger partial charge in [0.25, 0.3) is 0 Å². The van der Waals surface area contributed by atoms with E-state index < -0.39 is 12.1 Å². The molecule has 0 spiro atoms. The average Bonchev–Trinajstić information content (AvgIpc) is 2.16. The van der Waals surface area contributed by atoms with Gasteiger partial charge in [-0.2, -0.15) is 5.26 Å². The highest BCUT2D eigenvalue weighted by Crippen LogP contribution is 2.07. The summed E-state index contributed by atoms with van der Waals surface area (Å²) >= 11 is 0. The van der Waals surface area contributed by atoms with Gasteiger partial charge in [-0.3, -0.25) is 0 Å². The van der Waals surface area contributed by atoms with E-state index in [4.69, 9.17) is 10.00 Å².